The van der Waals surface area contributed by atoms with Gasteiger partial charge in [0.1, 0.15) is 11.6 Å². The van der Waals surface area contributed by atoms with Crippen LogP contribution in [0.4, 0.5) is 4.79 Å². The minimum atomic E-state index is -1.19. The van der Waals surface area contributed by atoms with Gasteiger partial charge in [0.05, 0.1) is 0 Å². The molecule has 1 fully saturated rings. The van der Waals surface area contributed by atoms with Gasteiger partial charge in [0, 0.05) is 24.1 Å². The molecule has 0 heterocycles. The molecule has 166 valence electrons. The van der Waals surface area contributed by atoms with Crippen LogP contribution in [0.5, 0.6) is 0 Å². The molecule has 0 bridgehead atoms. The van der Waals surface area contributed by atoms with E-state index in [9.17, 15) is 14.4 Å². The zero-order valence-corrected chi connectivity index (χ0v) is 19.1. The Hall–Kier alpha value is -2.12. The van der Waals surface area contributed by atoms with E-state index >= 15 is 0 Å². The third-order valence-electron chi connectivity index (χ3n) is 5.63. The number of likely N-dealkylation sites (N-methyl/N-ethyl adjacent to an activating group) is 2. The first kappa shape index (κ1) is 24.2. The topological polar surface area (TPSA) is 76.1 Å². The first-order valence-electron chi connectivity index (χ1n) is 10.1. The zero-order valence-electron chi connectivity index (χ0n) is 18.3. The summed E-state index contributed by atoms with van der Waals surface area (Å²) in [7, 11) is 5.09. The molecule has 1 aromatic carbocycles. The quantitative estimate of drug-likeness (QED) is 0.475. The molecule has 8 heteroatoms. The van der Waals surface area contributed by atoms with Gasteiger partial charge < -0.3 is 9.47 Å². The number of benzene rings is 1. The summed E-state index contributed by atoms with van der Waals surface area (Å²) in [5.74, 6) is -0.514. The standard InChI is InChI=1S/C22H31ClN2O5/c1-15(2)19(24(3)4)20(27)29-14-30-21(28)25(5)22(13-9-8-12-18(22)26)16-10-6-7-11-17(16)23/h6-7,10-11,15,19H,8-9,12-14H2,1-5H3/t19-,22-/m0/s1. The fraction of sp³-hybridized carbons (Fsp3) is 0.591. The van der Waals surface area contributed by atoms with Crippen molar-refractivity contribution in [3.05, 3.63) is 34.9 Å². The number of carbonyl (C=O) groups is 3. The second-order valence-electron chi connectivity index (χ2n) is 8.17. The predicted molar refractivity (Wildman–Crippen MR) is 114 cm³/mol. The van der Waals surface area contributed by atoms with E-state index in [-0.39, 0.29) is 11.7 Å². The Bertz CT molecular complexity index is 775. The Morgan fingerprint density at radius 3 is 2.37 bits per heavy atom. The van der Waals surface area contributed by atoms with Gasteiger partial charge in [-0.3, -0.25) is 19.4 Å². The SMILES string of the molecule is CC(C)[C@@H](C(=O)OCOC(=O)N(C)[C@]1(c2ccccc2Cl)CCCCC1=O)N(C)C. The molecule has 0 aliphatic heterocycles. The molecule has 30 heavy (non-hydrogen) atoms. The molecular weight excluding hydrogens is 408 g/mol. The fourth-order valence-electron chi connectivity index (χ4n) is 4.18. The van der Waals surface area contributed by atoms with Crippen LogP contribution in [0.2, 0.25) is 5.02 Å². The number of halogens is 1. The van der Waals surface area contributed by atoms with Crippen LogP contribution >= 0.6 is 11.6 Å². The molecule has 2 rings (SSSR count). The molecule has 1 aliphatic rings. The van der Waals surface area contributed by atoms with Gasteiger partial charge in [0.15, 0.2) is 5.78 Å². The summed E-state index contributed by atoms with van der Waals surface area (Å²) in [6, 6.07) is 6.59. The van der Waals surface area contributed by atoms with Crippen molar-refractivity contribution in [1.29, 1.82) is 0 Å². The van der Waals surface area contributed by atoms with Crippen LogP contribution in [0.1, 0.15) is 45.1 Å². The summed E-state index contributed by atoms with van der Waals surface area (Å²) in [6.07, 6.45) is 1.62. The maximum atomic E-state index is 13.0. The first-order valence-corrected chi connectivity index (χ1v) is 10.5. The number of ketones is 1. The summed E-state index contributed by atoms with van der Waals surface area (Å²) >= 11 is 6.40. The number of amides is 1. The van der Waals surface area contributed by atoms with Gasteiger partial charge in [0.25, 0.3) is 0 Å². The Labute approximate surface area is 183 Å². The summed E-state index contributed by atoms with van der Waals surface area (Å²) in [6.45, 7) is 3.30. The van der Waals surface area contributed by atoms with Gasteiger partial charge in [0.2, 0.25) is 6.79 Å². The summed E-state index contributed by atoms with van der Waals surface area (Å²) in [5, 5.41) is 0.421. The number of ether oxygens (including phenoxy) is 2. The fourth-order valence-corrected chi connectivity index (χ4v) is 4.48. The van der Waals surface area contributed by atoms with Crippen molar-refractivity contribution in [2.24, 2.45) is 5.92 Å². The van der Waals surface area contributed by atoms with E-state index < -0.39 is 30.4 Å². The van der Waals surface area contributed by atoms with Crippen LogP contribution in [-0.2, 0) is 24.6 Å². The van der Waals surface area contributed by atoms with Crippen molar-refractivity contribution in [3.8, 4) is 0 Å². The molecule has 1 amide bonds. The maximum Gasteiger partial charge on any atom is 0.413 e. The van der Waals surface area contributed by atoms with Crippen LogP contribution in [0.25, 0.3) is 0 Å². The molecule has 1 saturated carbocycles. The third-order valence-corrected chi connectivity index (χ3v) is 5.96. The zero-order chi connectivity index (χ0) is 22.5. The molecule has 0 aromatic heterocycles. The lowest BCUT2D eigenvalue weighted by Crippen LogP contribution is -2.54. The Kier molecular flexibility index (Phi) is 8.26. The highest BCUT2D eigenvalue weighted by molar-refractivity contribution is 6.31. The van der Waals surface area contributed by atoms with E-state index in [4.69, 9.17) is 21.1 Å². The number of nitrogens with zero attached hydrogens (tertiary/aromatic N) is 2. The second-order valence-corrected chi connectivity index (χ2v) is 8.58. The summed E-state index contributed by atoms with van der Waals surface area (Å²) in [5.41, 5.74) is -0.609. The van der Waals surface area contributed by atoms with Gasteiger partial charge in [-0.05, 0) is 45.3 Å². The summed E-state index contributed by atoms with van der Waals surface area (Å²) in [4.78, 5) is 41.2. The molecule has 2 atom stereocenters. The van der Waals surface area contributed by atoms with E-state index in [1.54, 1.807) is 43.3 Å². The van der Waals surface area contributed by atoms with Crippen molar-refractivity contribution < 1.29 is 23.9 Å². The van der Waals surface area contributed by atoms with Crippen LogP contribution in [0.15, 0.2) is 24.3 Å². The van der Waals surface area contributed by atoms with E-state index in [1.807, 2.05) is 13.8 Å². The highest BCUT2D eigenvalue weighted by Gasteiger charge is 2.48. The van der Waals surface area contributed by atoms with E-state index in [1.165, 1.54) is 11.9 Å². The number of hydrogen-bond acceptors (Lipinski definition) is 6. The number of hydrogen-bond donors (Lipinski definition) is 0. The van der Waals surface area contributed by atoms with Gasteiger partial charge in [-0.25, -0.2) is 4.79 Å². The Morgan fingerprint density at radius 2 is 1.80 bits per heavy atom. The lowest BCUT2D eigenvalue weighted by atomic mass is 9.74. The van der Waals surface area contributed by atoms with E-state index in [0.717, 1.165) is 12.8 Å². The van der Waals surface area contributed by atoms with Crippen molar-refractivity contribution in [1.82, 2.24) is 9.80 Å². The Balaban J connectivity index is 2.15. The first-order chi connectivity index (χ1) is 14.1. The molecule has 0 unspecified atom stereocenters. The molecular formula is C22H31ClN2O5. The maximum absolute atomic E-state index is 13.0. The highest BCUT2D eigenvalue weighted by atomic mass is 35.5. The minimum Gasteiger partial charge on any atom is -0.427 e. The highest BCUT2D eigenvalue weighted by Crippen LogP contribution is 2.42. The molecule has 0 radical (unpaired) electrons. The number of rotatable bonds is 7. The van der Waals surface area contributed by atoms with Crippen LogP contribution < -0.4 is 0 Å². The van der Waals surface area contributed by atoms with Gasteiger partial charge in [-0.2, -0.15) is 0 Å². The molecule has 0 spiro atoms. The average Bonchev–Trinajstić information content (AvgIpc) is 2.68. The monoisotopic (exact) mass is 438 g/mol. The van der Waals surface area contributed by atoms with Gasteiger partial charge in [-0.1, -0.05) is 43.6 Å². The number of Topliss-reactive ketones (excluding diaryl/α,β-unsaturated/α-hetero) is 1. The van der Waals surface area contributed by atoms with Crippen molar-refractivity contribution >= 4 is 29.4 Å². The number of esters is 1. The van der Waals surface area contributed by atoms with Crippen LogP contribution in [0.3, 0.4) is 0 Å². The molecule has 0 saturated heterocycles. The third kappa shape index (κ3) is 4.95. The average molecular weight is 439 g/mol. The molecule has 1 aliphatic carbocycles. The van der Waals surface area contributed by atoms with Crippen LogP contribution in [0, 0.1) is 5.92 Å². The van der Waals surface area contributed by atoms with Crippen molar-refractivity contribution in [2.75, 3.05) is 27.9 Å². The molecule has 7 nitrogen and oxygen atoms in total. The van der Waals surface area contributed by atoms with Crippen molar-refractivity contribution in [2.45, 2.75) is 51.1 Å². The van der Waals surface area contributed by atoms with Gasteiger partial charge >= 0.3 is 12.1 Å². The molecule has 0 N–H and O–H groups in total. The van der Waals surface area contributed by atoms with E-state index in [2.05, 4.69) is 0 Å². The number of carbonyl (C=O) groups excluding carboxylic acids is 3. The lowest BCUT2D eigenvalue weighted by Gasteiger charge is -2.43. The van der Waals surface area contributed by atoms with Crippen molar-refractivity contribution in [3.63, 3.8) is 0 Å². The smallest absolute Gasteiger partial charge is 0.413 e. The minimum absolute atomic E-state index is 0.0363. The van der Waals surface area contributed by atoms with Crippen LogP contribution in [-0.4, -0.2) is 61.6 Å². The normalized spacial score (nSPS) is 20.2. The van der Waals surface area contributed by atoms with Gasteiger partial charge in [-0.15, -0.1) is 0 Å². The largest absolute Gasteiger partial charge is 0.427 e. The molecule has 1 aromatic rings. The van der Waals surface area contributed by atoms with E-state index in [0.29, 0.717) is 23.4 Å². The predicted octanol–water partition coefficient (Wildman–Crippen LogP) is 3.83. The lowest BCUT2D eigenvalue weighted by molar-refractivity contribution is -0.160. The second kappa shape index (κ2) is 10.3. The summed E-state index contributed by atoms with van der Waals surface area (Å²) < 4.78 is 10.4. The Morgan fingerprint density at radius 1 is 1.13 bits per heavy atom.